The molecule has 1 heterocycles. The van der Waals surface area contributed by atoms with E-state index in [-0.39, 0.29) is 0 Å². The maximum Gasteiger partial charge on any atom is 0.182 e. The maximum absolute atomic E-state index is 10.8. The normalized spacial score (nSPS) is 14.9. The Morgan fingerprint density at radius 2 is 1.86 bits per heavy atom. The Morgan fingerprint density at radius 1 is 1.36 bits per heavy atom. The lowest BCUT2D eigenvalue weighted by Gasteiger charge is -2.02. The second kappa shape index (κ2) is 4.43. The summed E-state index contributed by atoms with van der Waals surface area (Å²) in [5.41, 5.74) is 1.61. The van der Waals surface area contributed by atoms with E-state index < -0.39 is 11.1 Å². The molecule has 0 radical (unpaired) electrons. The predicted molar refractivity (Wildman–Crippen MR) is 55.8 cm³/mol. The number of nitrogens with zero attached hydrogens (tertiary/aromatic N) is 2. The van der Waals surface area contributed by atoms with Crippen LogP contribution in [-0.2, 0) is 11.1 Å². The molecule has 0 aromatic carbocycles. The molecular weight excluding hydrogens is 200 g/mol. The summed E-state index contributed by atoms with van der Waals surface area (Å²) in [6.45, 7) is 5.21. The molecule has 0 saturated carbocycles. The number of hydrogen-bond acceptors (Lipinski definition) is 3. The largest absolute Gasteiger partial charge is 0.302 e. The Kier molecular flexibility index (Phi) is 3.49. The molecule has 0 bridgehead atoms. The smallest absolute Gasteiger partial charge is 0.182 e. The van der Waals surface area contributed by atoms with E-state index in [2.05, 4.69) is 9.97 Å². The van der Waals surface area contributed by atoms with Crippen LogP contribution >= 0.6 is 0 Å². The van der Waals surface area contributed by atoms with Crippen molar-refractivity contribution in [3.63, 3.8) is 0 Å². The molecule has 4 nitrogen and oxygen atoms in total. The van der Waals surface area contributed by atoms with Gasteiger partial charge in [0.25, 0.3) is 0 Å². The molecule has 1 atom stereocenters. The topological polar surface area (TPSA) is 63.1 Å². The van der Waals surface area contributed by atoms with E-state index >= 15 is 0 Å². The zero-order valence-electron chi connectivity index (χ0n) is 8.31. The van der Waals surface area contributed by atoms with Gasteiger partial charge in [0.2, 0.25) is 0 Å². The van der Waals surface area contributed by atoms with Gasteiger partial charge in [0.1, 0.15) is 0 Å². The fraction of sp³-hybridized carbons (Fsp3) is 0.333. The summed E-state index contributed by atoms with van der Waals surface area (Å²) in [5.74, 6) is 0.496. The first-order valence-electron chi connectivity index (χ1n) is 4.09. The van der Waals surface area contributed by atoms with Gasteiger partial charge in [-0.3, -0.25) is 0 Å². The molecule has 14 heavy (non-hydrogen) atoms. The summed E-state index contributed by atoms with van der Waals surface area (Å²) in [7, 11) is 0. The van der Waals surface area contributed by atoms with Crippen LogP contribution in [0.3, 0.4) is 0 Å². The molecule has 1 aromatic heterocycles. The number of allylic oxidation sites excluding steroid dienone is 2. The first kappa shape index (κ1) is 11.0. The first-order chi connectivity index (χ1) is 6.52. The Bertz CT molecular complexity index is 384. The van der Waals surface area contributed by atoms with Gasteiger partial charge in [-0.2, -0.15) is 0 Å². The third-order valence-corrected chi connectivity index (χ3v) is 2.74. The van der Waals surface area contributed by atoms with E-state index in [0.29, 0.717) is 16.3 Å². The lowest BCUT2D eigenvalue weighted by Crippen LogP contribution is -1.97. The molecule has 0 aliphatic heterocycles. The molecule has 5 heteroatoms. The Morgan fingerprint density at radius 3 is 2.29 bits per heavy atom. The van der Waals surface area contributed by atoms with Crippen LogP contribution in [0.4, 0.5) is 0 Å². The summed E-state index contributed by atoms with van der Waals surface area (Å²) in [5, 5.41) is 0. The van der Waals surface area contributed by atoms with Gasteiger partial charge in [-0.1, -0.05) is 0 Å². The van der Waals surface area contributed by atoms with Gasteiger partial charge in [0, 0.05) is 22.9 Å². The summed E-state index contributed by atoms with van der Waals surface area (Å²) in [4.78, 5) is 8.52. The molecular formula is C9H12N2O2S. The van der Waals surface area contributed by atoms with Gasteiger partial charge >= 0.3 is 0 Å². The predicted octanol–water partition coefficient (Wildman–Crippen LogP) is 1.76. The summed E-state index contributed by atoms with van der Waals surface area (Å²) >= 11 is -1.95. The molecule has 0 amide bonds. The lowest BCUT2D eigenvalue weighted by atomic mass is 10.2. The van der Waals surface area contributed by atoms with Crippen LogP contribution in [0.15, 0.2) is 17.3 Å². The molecule has 76 valence electrons. The standard InChI is InChI=1S/C9H12N2O2S/c1-6-4-10-9(11-5-6)7(2)8(3)14(12)13/h4-5H,1-3H3,(H,12,13)/b8-7+. The van der Waals surface area contributed by atoms with E-state index in [1.807, 2.05) is 6.92 Å². The van der Waals surface area contributed by atoms with Crippen molar-refractivity contribution in [3.8, 4) is 0 Å². The van der Waals surface area contributed by atoms with Crippen LogP contribution in [0.25, 0.3) is 5.57 Å². The highest BCUT2D eigenvalue weighted by Gasteiger charge is 2.07. The van der Waals surface area contributed by atoms with Crippen molar-refractivity contribution in [2.45, 2.75) is 20.8 Å². The first-order valence-corrected chi connectivity index (χ1v) is 5.20. The third kappa shape index (κ3) is 2.46. The number of rotatable bonds is 2. The van der Waals surface area contributed by atoms with Gasteiger partial charge < -0.3 is 4.55 Å². The quantitative estimate of drug-likeness (QED) is 0.759. The lowest BCUT2D eigenvalue weighted by molar-refractivity contribution is 0.571. The van der Waals surface area contributed by atoms with Crippen molar-refractivity contribution >= 4 is 16.7 Å². The maximum atomic E-state index is 10.8. The fourth-order valence-electron chi connectivity index (χ4n) is 0.875. The van der Waals surface area contributed by atoms with Crippen LogP contribution in [0.2, 0.25) is 0 Å². The molecule has 1 unspecified atom stereocenters. The van der Waals surface area contributed by atoms with Gasteiger partial charge in [0.05, 0.1) is 0 Å². The van der Waals surface area contributed by atoms with Crippen molar-refractivity contribution in [1.29, 1.82) is 0 Å². The van der Waals surface area contributed by atoms with E-state index in [9.17, 15) is 4.21 Å². The summed E-state index contributed by atoms with van der Waals surface area (Å²) in [6.07, 6.45) is 3.36. The molecule has 0 aliphatic rings. The van der Waals surface area contributed by atoms with Gasteiger partial charge in [0.15, 0.2) is 16.9 Å². The van der Waals surface area contributed by atoms with Crippen LogP contribution in [0, 0.1) is 6.92 Å². The van der Waals surface area contributed by atoms with Gasteiger partial charge in [-0.05, 0) is 26.3 Å². The molecule has 1 N–H and O–H groups in total. The highest BCUT2D eigenvalue weighted by Crippen LogP contribution is 2.15. The Balaban J connectivity index is 3.12. The zero-order chi connectivity index (χ0) is 10.7. The van der Waals surface area contributed by atoms with Crippen molar-refractivity contribution in [3.05, 3.63) is 28.7 Å². The molecule has 1 rings (SSSR count). The average Bonchev–Trinajstić information content (AvgIpc) is 2.16. The number of hydrogen-bond donors (Lipinski definition) is 1. The Labute approximate surface area is 85.4 Å². The van der Waals surface area contributed by atoms with E-state index in [1.54, 1.807) is 26.2 Å². The zero-order valence-corrected chi connectivity index (χ0v) is 9.13. The molecule has 1 aromatic rings. The molecule has 0 fully saturated rings. The van der Waals surface area contributed by atoms with Crippen LogP contribution in [0.1, 0.15) is 25.2 Å². The summed E-state index contributed by atoms with van der Waals surface area (Å²) in [6, 6.07) is 0. The van der Waals surface area contributed by atoms with E-state index in [0.717, 1.165) is 5.56 Å². The van der Waals surface area contributed by atoms with Crippen molar-refractivity contribution in [2.24, 2.45) is 0 Å². The third-order valence-electron chi connectivity index (χ3n) is 1.91. The van der Waals surface area contributed by atoms with E-state index in [1.165, 1.54) is 0 Å². The van der Waals surface area contributed by atoms with Gasteiger partial charge in [-0.25, -0.2) is 14.2 Å². The highest BCUT2D eigenvalue weighted by molar-refractivity contribution is 7.83. The Hall–Kier alpha value is -1.07. The monoisotopic (exact) mass is 212 g/mol. The van der Waals surface area contributed by atoms with Crippen LogP contribution in [-0.4, -0.2) is 18.7 Å². The van der Waals surface area contributed by atoms with Crippen molar-refractivity contribution in [2.75, 3.05) is 0 Å². The van der Waals surface area contributed by atoms with Crippen molar-refractivity contribution < 1.29 is 8.76 Å². The molecule has 0 aliphatic carbocycles. The van der Waals surface area contributed by atoms with Gasteiger partial charge in [-0.15, -0.1) is 0 Å². The second-order valence-electron chi connectivity index (χ2n) is 3.01. The number of aryl methyl sites for hydroxylation is 1. The average molecular weight is 212 g/mol. The highest BCUT2D eigenvalue weighted by atomic mass is 32.2. The molecule has 0 spiro atoms. The van der Waals surface area contributed by atoms with Crippen LogP contribution in [0.5, 0.6) is 0 Å². The van der Waals surface area contributed by atoms with Crippen LogP contribution < -0.4 is 0 Å². The minimum atomic E-state index is -1.95. The number of aromatic nitrogens is 2. The minimum Gasteiger partial charge on any atom is -0.302 e. The SMILES string of the molecule is C/C(=C(/C)S(=O)O)c1ncc(C)cn1. The minimum absolute atomic E-state index is 0.383. The fourth-order valence-corrected chi connectivity index (χ4v) is 1.23. The second-order valence-corrected chi connectivity index (χ2v) is 4.13. The van der Waals surface area contributed by atoms with Crippen molar-refractivity contribution in [1.82, 2.24) is 9.97 Å². The summed E-state index contributed by atoms with van der Waals surface area (Å²) < 4.78 is 19.6. The van der Waals surface area contributed by atoms with E-state index in [4.69, 9.17) is 4.55 Å². The molecule has 0 saturated heterocycles.